The molecular weight excluding hydrogens is 217 g/mol. The SMILES string of the molecule is CC(CN)C(=O)NCCSC(F)(F)F. The van der Waals surface area contributed by atoms with E-state index in [9.17, 15) is 18.0 Å². The summed E-state index contributed by atoms with van der Waals surface area (Å²) in [6, 6.07) is 0. The average molecular weight is 230 g/mol. The molecule has 0 saturated heterocycles. The summed E-state index contributed by atoms with van der Waals surface area (Å²) >= 11 is -0.151. The van der Waals surface area contributed by atoms with Gasteiger partial charge in [-0.15, -0.1) is 0 Å². The second-order valence-corrected chi connectivity index (χ2v) is 3.88. The van der Waals surface area contributed by atoms with Crippen molar-refractivity contribution in [2.45, 2.75) is 12.4 Å². The minimum atomic E-state index is -4.23. The fourth-order valence-corrected chi connectivity index (χ4v) is 1.06. The molecular formula is C7H13F3N2OS. The lowest BCUT2D eigenvalue weighted by Gasteiger charge is -2.10. The maximum absolute atomic E-state index is 11.6. The first-order valence-electron chi connectivity index (χ1n) is 4.05. The molecule has 1 amide bonds. The van der Waals surface area contributed by atoms with Crippen LogP contribution in [0.5, 0.6) is 0 Å². The van der Waals surface area contributed by atoms with E-state index in [0.717, 1.165) is 0 Å². The highest BCUT2D eigenvalue weighted by Crippen LogP contribution is 2.29. The number of halogens is 3. The Balaban J connectivity index is 3.51. The molecule has 3 N–H and O–H groups in total. The van der Waals surface area contributed by atoms with E-state index >= 15 is 0 Å². The fourth-order valence-electron chi connectivity index (χ4n) is 0.622. The van der Waals surface area contributed by atoms with Crippen LogP contribution in [0.4, 0.5) is 13.2 Å². The molecule has 84 valence electrons. The van der Waals surface area contributed by atoms with Gasteiger partial charge in [-0.2, -0.15) is 13.2 Å². The third kappa shape index (κ3) is 7.02. The van der Waals surface area contributed by atoms with Gasteiger partial charge in [-0.25, -0.2) is 0 Å². The molecule has 0 bridgehead atoms. The van der Waals surface area contributed by atoms with Gasteiger partial charge in [0.1, 0.15) is 0 Å². The molecule has 0 aromatic carbocycles. The average Bonchev–Trinajstić information content (AvgIpc) is 2.09. The molecule has 0 rings (SSSR count). The summed E-state index contributed by atoms with van der Waals surface area (Å²) in [6.45, 7) is 1.82. The van der Waals surface area contributed by atoms with Crippen LogP contribution in [0.1, 0.15) is 6.92 Å². The van der Waals surface area contributed by atoms with Gasteiger partial charge in [0.2, 0.25) is 5.91 Å². The van der Waals surface area contributed by atoms with Gasteiger partial charge in [-0.1, -0.05) is 6.92 Å². The Labute approximate surface area is 84.6 Å². The lowest BCUT2D eigenvalue weighted by Crippen LogP contribution is -2.34. The van der Waals surface area contributed by atoms with E-state index in [1.807, 2.05) is 0 Å². The number of carbonyl (C=O) groups excluding carboxylic acids is 1. The Bertz CT molecular complexity index is 186. The van der Waals surface area contributed by atoms with E-state index in [1.54, 1.807) is 6.92 Å². The predicted octanol–water partition coefficient (Wildman–Crippen LogP) is 0.950. The van der Waals surface area contributed by atoms with Crippen LogP contribution in [0.25, 0.3) is 0 Å². The highest BCUT2D eigenvalue weighted by molar-refractivity contribution is 8.00. The Morgan fingerprint density at radius 3 is 2.57 bits per heavy atom. The van der Waals surface area contributed by atoms with Crippen molar-refractivity contribution in [2.75, 3.05) is 18.8 Å². The summed E-state index contributed by atoms with van der Waals surface area (Å²) in [5.74, 6) is -0.840. The number of carbonyl (C=O) groups is 1. The van der Waals surface area contributed by atoms with Gasteiger partial charge in [0.15, 0.2) is 0 Å². The summed E-state index contributed by atoms with van der Waals surface area (Å²) in [7, 11) is 0. The summed E-state index contributed by atoms with van der Waals surface area (Å²) in [6.07, 6.45) is 0. The zero-order valence-corrected chi connectivity index (χ0v) is 8.54. The van der Waals surface area contributed by atoms with Gasteiger partial charge < -0.3 is 11.1 Å². The second-order valence-electron chi connectivity index (χ2n) is 2.72. The number of rotatable bonds is 5. The predicted molar refractivity (Wildman–Crippen MR) is 49.7 cm³/mol. The molecule has 0 aromatic heterocycles. The highest BCUT2D eigenvalue weighted by atomic mass is 32.2. The van der Waals surface area contributed by atoms with Gasteiger partial charge in [0.25, 0.3) is 0 Å². The maximum atomic E-state index is 11.6. The Morgan fingerprint density at radius 1 is 1.57 bits per heavy atom. The minimum Gasteiger partial charge on any atom is -0.355 e. The van der Waals surface area contributed by atoms with E-state index < -0.39 is 5.51 Å². The second kappa shape index (κ2) is 6.13. The number of hydrogen-bond acceptors (Lipinski definition) is 3. The first kappa shape index (κ1) is 13.6. The lowest BCUT2D eigenvalue weighted by molar-refractivity contribution is -0.124. The summed E-state index contributed by atoms with van der Waals surface area (Å²) < 4.78 is 34.9. The van der Waals surface area contributed by atoms with Crippen molar-refractivity contribution in [3.63, 3.8) is 0 Å². The van der Waals surface area contributed by atoms with Crippen LogP contribution < -0.4 is 11.1 Å². The Kier molecular flexibility index (Phi) is 5.94. The van der Waals surface area contributed by atoms with Crippen molar-refractivity contribution in [1.82, 2.24) is 5.32 Å². The molecule has 0 aliphatic carbocycles. The number of alkyl halides is 3. The molecule has 3 nitrogen and oxygen atoms in total. The van der Waals surface area contributed by atoms with Crippen molar-refractivity contribution >= 4 is 17.7 Å². The number of nitrogens with one attached hydrogen (secondary N) is 1. The van der Waals surface area contributed by atoms with Crippen molar-refractivity contribution in [2.24, 2.45) is 11.7 Å². The summed E-state index contributed by atoms with van der Waals surface area (Å²) in [5, 5.41) is 2.37. The zero-order chi connectivity index (χ0) is 11.2. The van der Waals surface area contributed by atoms with Crippen molar-refractivity contribution < 1.29 is 18.0 Å². The molecule has 0 heterocycles. The molecule has 14 heavy (non-hydrogen) atoms. The van der Waals surface area contributed by atoms with E-state index in [4.69, 9.17) is 5.73 Å². The molecule has 0 radical (unpaired) electrons. The quantitative estimate of drug-likeness (QED) is 0.691. The molecule has 0 aliphatic rings. The van der Waals surface area contributed by atoms with Crippen LogP contribution >= 0.6 is 11.8 Å². The number of hydrogen-bond donors (Lipinski definition) is 2. The smallest absolute Gasteiger partial charge is 0.355 e. The molecule has 7 heteroatoms. The van der Waals surface area contributed by atoms with Crippen LogP contribution in [0.15, 0.2) is 0 Å². The Morgan fingerprint density at radius 2 is 2.14 bits per heavy atom. The van der Waals surface area contributed by atoms with E-state index in [0.29, 0.717) is 0 Å². The standard InChI is InChI=1S/C7H13F3N2OS/c1-5(4-11)6(13)12-2-3-14-7(8,9)10/h5H,2-4,11H2,1H3,(H,12,13). The molecule has 1 atom stereocenters. The van der Waals surface area contributed by atoms with Gasteiger partial charge in [-0.3, -0.25) is 4.79 Å². The zero-order valence-electron chi connectivity index (χ0n) is 7.73. The summed E-state index contributed by atoms with van der Waals surface area (Å²) in [5.41, 5.74) is 0.968. The third-order valence-corrected chi connectivity index (χ3v) is 2.20. The molecule has 0 fully saturated rings. The van der Waals surface area contributed by atoms with E-state index in [2.05, 4.69) is 5.32 Å². The van der Waals surface area contributed by atoms with Crippen molar-refractivity contribution in [3.05, 3.63) is 0 Å². The van der Waals surface area contributed by atoms with Crippen LogP contribution in [0.2, 0.25) is 0 Å². The van der Waals surface area contributed by atoms with Crippen molar-refractivity contribution in [1.29, 1.82) is 0 Å². The monoisotopic (exact) mass is 230 g/mol. The maximum Gasteiger partial charge on any atom is 0.441 e. The van der Waals surface area contributed by atoms with Crippen LogP contribution in [0, 0.1) is 5.92 Å². The van der Waals surface area contributed by atoms with E-state index in [-0.39, 0.29) is 42.4 Å². The lowest BCUT2D eigenvalue weighted by atomic mass is 10.2. The van der Waals surface area contributed by atoms with Gasteiger partial charge in [0.05, 0.1) is 0 Å². The molecule has 0 aliphatic heterocycles. The number of nitrogens with two attached hydrogens (primary N) is 1. The molecule has 0 aromatic rings. The normalized spacial score (nSPS) is 13.8. The topological polar surface area (TPSA) is 55.1 Å². The first-order chi connectivity index (χ1) is 6.37. The number of amides is 1. The van der Waals surface area contributed by atoms with Crippen molar-refractivity contribution in [3.8, 4) is 0 Å². The highest BCUT2D eigenvalue weighted by Gasteiger charge is 2.27. The molecule has 0 spiro atoms. The van der Waals surface area contributed by atoms with Gasteiger partial charge >= 0.3 is 5.51 Å². The minimum absolute atomic E-state index is 0.00729. The first-order valence-corrected chi connectivity index (χ1v) is 5.04. The number of thioether (sulfide) groups is 1. The molecule has 0 saturated carbocycles. The largest absolute Gasteiger partial charge is 0.441 e. The Hall–Kier alpha value is -0.430. The van der Waals surface area contributed by atoms with Crippen LogP contribution in [0.3, 0.4) is 0 Å². The third-order valence-electron chi connectivity index (χ3n) is 1.47. The summed E-state index contributed by atoms with van der Waals surface area (Å²) in [4.78, 5) is 11.0. The van der Waals surface area contributed by atoms with Gasteiger partial charge in [-0.05, 0) is 11.8 Å². The molecule has 1 unspecified atom stereocenters. The van der Waals surface area contributed by atoms with Crippen LogP contribution in [-0.2, 0) is 4.79 Å². The van der Waals surface area contributed by atoms with E-state index in [1.165, 1.54) is 0 Å². The van der Waals surface area contributed by atoms with Crippen LogP contribution in [-0.4, -0.2) is 30.3 Å². The van der Waals surface area contributed by atoms with Gasteiger partial charge in [0, 0.05) is 24.8 Å². The fraction of sp³-hybridized carbons (Fsp3) is 0.857.